The third-order valence-corrected chi connectivity index (χ3v) is 10.1. The molecule has 0 aromatic heterocycles. The molecule has 0 unspecified atom stereocenters. The topological polar surface area (TPSA) is 42.2 Å². The molecule has 0 radical (unpaired) electrons. The van der Waals surface area contributed by atoms with Gasteiger partial charge in [-0.2, -0.15) is 5.26 Å². The molecule has 0 spiro atoms. The van der Waals surface area contributed by atoms with Crippen LogP contribution in [0.3, 0.4) is 0 Å². The summed E-state index contributed by atoms with van der Waals surface area (Å²) < 4.78 is 71.8. The predicted molar refractivity (Wildman–Crippen MR) is 177 cm³/mol. The van der Waals surface area contributed by atoms with E-state index in [1.165, 1.54) is 40.0 Å². The summed E-state index contributed by atoms with van der Waals surface area (Å²) in [5, 5.41) is 8.84. The summed E-state index contributed by atoms with van der Waals surface area (Å²) in [4.78, 5) is 0. The van der Waals surface area contributed by atoms with Crippen molar-refractivity contribution in [2.45, 2.75) is 118 Å². The second kappa shape index (κ2) is 16.0. The fourth-order valence-electron chi connectivity index (χ4n) is 5.27. The Morgan fingerprint density at radius 1 is 0.689 bits per heavy atom. The number of halogens is 6. The Bertz CT molecular complexity index is 1260. The van der Waals surface area contributed by atoms with E-state index in [2.05, 4.69) is 107 Å². The zero-order chi connectivity index (χ0) is 35.3. The van der Waals surface area contributed by atoms with Gasteiger partial charge in [0.05, 0.1) is 20.3 Å². The Hall–Kier alpha value is -0.902. The zero-order valence-electron chi connectivity index (χ0n) is 29.3. The van der Waals surface area contributed by atoms with E-state index < -0.39 is 27.4 Å². The molecule has 45 heavy (non-hydrogen) atoms. The maximum atomic E-state index is 9.93. The standard InChI is InChI=1S/C31H49O2P.C2H3N.Au.6FH.Sb/c1-19(2)22-17-23(20(3)4)27(24(18-22)21(5)6)28-25(32-13)15-16-26(33-14)29(28)34(30(7,8)9)31(10,11)12;1-2-3;;;;;;;;/h15-21H,1-14H3;1H3;;6*1H;/q;;+1;;;;;;;+5/p-6. The van der Waals surface area contributed by atoms with E-state index >= 15 is 0 Å². The quantitative estimate of drug-likeness (QED) is 0.158. The minimum absolute atomic E-state index is 0. The normalized spacial score (nSPS) is 13.5. The third kappa shape index (κ3) is 15.7. The molecule has 2 rings (SSSR count). The van der Waals surface area contributed by atoms with Crippen LogP contribution in [-0.2, 0) is 22.4 Å². The van der Waals surface area contributed by atoms with Crippen molar-refractivity contribution in [3.63, 3.8) is 0 Å². The van der Waals surface area contributed by atoms with Gasteiger partial charge in [-0.05, 0) is 62.5 Å². The molecule has 2 aromatic carbocycles. The summed E-state index contributed by atoms with van der Waals surface area (Å²) in [6.07, 6.45) is 0. The number of rotatable bonds is 7. The SMILES string of the molecule is CC#N.COc1ccc(OC)c(P(C(C)(C)C)C(C)(C)C)c1-c1c(C(C)C)cc(C(C)C)cc1C(C)C.[Au+].[F][Sb-]([F])([F])([F])([F])[F]. The van der Waals surface area contributed by atoms with Gasteiger partial charge < -0.3 is 9.47 Å². The first kappa shape index (κ1) is 46.2. The summed E-state index contributed by atoms with van der Waals surface area (Å²) >= 11 is -11.2. The molecule has 0 saturated heterocycles. The monoisotopic (exact) mass is 957 g/mol. The number of benzene rings is 2. The number of ether oxygens (including phenoxy) is 2. The number of hydrogen-bond donors (Lipinski definition) is 0. The molecule has 0 bridgehead atoms. The average molecular weight is 958 g/mol. The molecule has 0 heterocycles. The van der Waals surface area contributed by atoms with Gasteiger partial charge in [-0.15, -0.1) is 0 Å². The van der Waals surface area contributed by atoms with Crippen molar-refractivity contribution in [1.29, 1.82) is 5.26 Å². The molecule has 0 aliphatic rings. The summed E-state index contributed by atoms with van der Waals surface area (Å²) in [6, 6.07) is 10.8. The number of hydrogen-bond acceptors (Lipinski definition) is 3. The minimum atomic E-state index is -11.2. The van der Waals surface area contributed by atoms with Crippen molar-refractivity contribution >= 4 is 32.7 Å². The van der Waals surface area contributed by atoms with Gasteiger partial charge in [-0.1, -0.05) is 103 Å². The van der Waals surface area contributed by atoms with Crippen molar-refractivity contribution in [3.05, 3.63) is 41.0 Å². The molecule has 0 aliphatic heterocycles. The predicted octanol–water partition coefficient (Wildman–Crippen LogP) is 12.1. The van der Waals surface area contributed by atoms with Crippen LogP contribution in [0.2, 0.25) is 0 Å². The molecule has 3 nitrogen and oxygen atoms in total. The van der Waals surface area contributed by atoms with Gasteiger partial charge in [-0.25, -0.2) is 0 Å². The Morgan fingerprint density at radius 2 is 1.00 bits per heavy atom. The van der Waals surface area contributed by atoms with Gasteiger partial charge in [0.1, 0.15) is 11.5 Å². The molecule has 0 N–H and O–H groups in total. The van der Waals surface area contributed by atoms with Crippen LogP contribution in [0.5, 0.6) is 11.5 Å². The van der Waals surface area contributed by atoms with Crippen molar-refractivity contribution in [2.75, 3.05) is 14.2 Å². The van der Waals surface area contributed by atoms with Crippen molar-refractivity contribution in [1.82, 2.24) is 0 Å². The molecule has 0 amide bonds. The van der Waals surface area contributed by atoms with Crippen molar-refractivity contribution in [2.24, 2.45) is 0 Å². The van der Waals surface area contributed by atoms with Crippen LogP contribution in [0, 0.1) is 11.3 Å². The van der Waals surface area contributed by atoms with E-state index in [1.54, 1.807) is 13.2 Å². The third-order valence-electron chi connectivity index (χ3n) is 6.49. The van der Waals surface area contributed by atoms with E-state index in [9.17, 15) is 16.9 Å². The van der Waals surface area contributed by atoms with Gasteiger partial charge in [0.15, 0.2) is 0 Å². The molecule has 0 aliphatic carbocycles. The first-order valence-corrected chi connectivity index (χ1v) is 21.7. The van der Waals surface area contributed by atoms with Gasteiger partial charge in [0.2, 0.25) is 0 Å². The van der Waals surface area contributed by atoms with Gasteiger partial charge in [0, 0.05) is 17.8 Å². The fourth-order valence-corrected chi connectivity index (χ4v) is 9.46. The van der Waals surface area contributed by atoms with Crippen molar-refractivity contribution < 1.29 is 48.7 Å². The molecule has 2 aromatic rings. The summed E-state index contributed by atoms with van der Waals surface area (Å²) in [5.74, 6) is 3.19. The average Bonchev–Trinajstić information content (AvgIpc) is 2.79. The number of methoxy groups -OCH3 is 2. The van der Waals surface area contributed by atoms with Crippen LogP contribution >= 0.6 is 7.92 Å². The molecular weight excluding hydrogens is 906 g/mol. The Balaban J connectivity index is 0. The van der Waals surface area contributed by atoms with E-state index in [1.807, 2.05) is 7.11 Å². The van der Waals surface area contributed by atoms with Crippen LogP contribution in [0.4, 0.5) is 16.9 Å². The molecule has 0 fully saturated rings. The van der Waals surface area contributed by atoms with E-state index in [-0.39, 0.29) is 32.7 Å². The Labute approximate surface area is 287 Å². The molecule has 0 saturated carbocycles. The van der Waals surface area contributed by atoms with Crippen LogP contribution in [0.25, 0.3) is 11.1 Å². The van der Waals surface area contributed by atoms with Gasteiger partial charge in [-0.3, -0.25) is 0 Å². The summed E-state index contributed by atoms with van der Waals surface area (Å²) in [5.41, 5.74) is 6.80. The molecule has 12 heteroatoms. The Morgan fingerprint density at radius 3 is 1.24 bits per heavy atom. The van der Waals surface area contributed by atoms with Crippen LogP contribution in [0.1, 0.15) is 124 Å². The van der Waals surface area contributed by atoms with E-state index in [0.29, 0.717) is 17.8 Å². The van der Waals surface area contributed by atoms with Crippen LogP contribution < -0.4 is 14.8 Å². The summed E-state index contributed by atoms with van der Waals surface area (Å²) in [6.45, 7) is 29.5. The van der Waals surface area contributed by atoms with Gasteiger partial charge >= 0.3 is 58.7 Å². The summed E-state index contributed by atoms with van der Waals surface area (Å²) in [7, 11) is 2.99. The molecule has 0 atom stereocenters. The van der Waals surface area contributed by atoms with Gasteiger partial charge in [0.25, 0.3) is 0 Å². The first-order valence-electron chi connectivity index (χ1n) is 14.5. The zero-order valence-corrected chi connectivity index (χ0v) is 34.9. The molecule has 264 valence electrons. The number of nitrogens with zero attached hydrogens (tertiary/aromatic N) is 1. The van der Waals surface area contributed by atoms with Crippen LogP contribution in [-0.4, -0.2) is 44.0 Å². The van der Waals surface area contributed by atoms with Crippen LogP contribution in [0.15, 0.2) is 24.3 Å². The van der Waals surface area contributed by atoms with Crippen molar-refractivity contribution in [3.8, 4) is 28.7 Å². The maximum absolute atomic E-state index is 11.2. The second-order valence-corrected chi connectivity index (χ2v) is 22.9. The molecular formula is C33H52AuF6NO2PSb. The first-order chi connectivity index (χ1) is 19.4. The fraction of sp³-hybridized carbons (Fsp3) is 0.606. The second-order valence-electron chi connectivity index (χ2n) is 13.6. The van der Waals surface area contributed by atoms with E-state index in [0.717, 1.165) is 11.5 Å². The van der Waals surface area contributed by atoms with E-state index in [4.69, 9.17) is 14.7 Å². The Kier molecular flexibility index (Phi) is 16.4. The number of nitriles is 1.